The Labute approximate surface area is 103 Å². The number of aryl methyl sites for hydroxylation is 1. The fourth-order valence-electron chi connectivity index (χ4n) is 3.15. The Kier molecular flexibility index (Phi) is 2.51. The van der Waals surface area contributed by atoms with Crippen molar-refractivity contribution in [2.75, 3.05) is 43.0 Å². The highest BCUT2D eigenvalue weighted by atomic mass is 15.3. The normalized spacial score (nSPS) is 23.4. The fourth-order valence-corrected chi connectivity index (χ4v) is 3.15. The fraction of sp³-hybridized carbons (Fsp3) is 0.571. The number of benzene rings is 1. The molecule has 1 aromatic carbocycles. The van der Waals surface area contributed by atoms with Gasteiger partial charge in [-0.2, -0.15) is 0 Å². The second-order valence-corrected chi connectivity index (χ2v) is 5.31. The van der Waals surface area contributed by atoms with Gasteiger partial charge in [-0.05, 0) is 31.0 Å². The van der Waals surface area contributed by atoms with Gasteiger partial charge in [-0.25, -0.2) is 0 Å². The van der Waals surface area contributed by atoms with E-state index in [4.69, 9.17) is 0 Å². The molecule has 0 bridgehead atoms. The number of nitrogens with one attached hydrogen (secondary N) is 1. The summed E-state index contributed by atoms with van der Waals surface area (Å²) in [5.74, 6) is 0. The van der Waals surface area contributed by atoms with Crippen LogP contribution in [0.2, 0.25) is 0 Å². The number of hydrogen-bond donors (Lipinski definition) is 1. The smallest absolute Gasteiger partial charge is 0.0634 e. The van der Waals surface area contributed by atoms with Gasteiger partial charge in [-0.3, -0.25) is 0 Å². The van der Waals surface area contributed by atoms with Crippen LogP contribution in [0.25, 0.3) is 0 Å². The van der Waals surface area contributed by atoms with Crippen LogP contribution in [0.1, 0.15) is 11.1 Å². The average molecular weight is 231 g/mol. The summed E-state index contributed by atoms with van der Waals surface area (Å²) < 4.78 is 0. The van der Waals surface area contributed by atoms with Crippen LogP contribution in [0.15, 0.2) is 12.1 Å². The van der Waals surface area contributed by atoms with Crippen molar-refractivity contribution in [3.05, 3.63) is 23.3 Å². The van der Waals surface area contributed by atoms with Crippen LogP contribution in [-0.2, 0) is 0 Å². The lowest BCUT2D eigenvalue weighted by atomic mass is 9.99. The number of piperazine rings is 1. The molecule has 3 nitrogen and oxygen atoms in total. The molecule has 0 radical (unpaired) electrons. The van der Waals surface area contributed by atoms with Gasteiger partial charge in [0.15, 0.2) is 0 Å². The molecule has 1 unspecified atom stereocenters. The van der Waals surface area contributed by atoms with E-state index in [0.29, 0.717) is 6.04 Å². The first-order valence-corrected chi connectivity index (χ1v) is 6.47. The number of fused-ring (bicyclic) bond motifs is 3. The van der Waals surface area contributed by atoms with Crippen LogP contribution < -0.4 is 15.1 Å². The van der Waals surface area contributed by atoms with Crippen molar-refractivity contribution in [2.24, 2.45) is 0 Å². The van der Waals surface area contributed by atoms with Crippen molar-refractivity contribution in [3.8, 4) is 0 Å². The Morgan fingerprint density at radius 1 is 1.29 bits per heavy atom. The van der Waals surface area contributed by atoms with E-state index < -0.39 is 0 Å². The molecule has 92 valence electrons. The highest BCUT2D eigenvalue weighted by molar-refractivity contribution is 5.78. The second-order valence-electron chi connectivity index (χ2n) is 5.31. The van der Waals surface area contributed by atoms with E-state index in [9.17, 15) is 0 Å². The molecule has 2 aliphatic heterocycles. The number of rotatable bonds is 0. The van der Waals surface area contributed by atoms with Crippen molar-refractivity contribution in [1.29, 1.82) is 0 Å². The largest absolute Gasteiger partial charge is 0.371 e. The lowest BCUT2D eigenvalue weighted by Gasteiger charge is -2.46. The van der Waals surface area contributed by atoms with Crippen LogP contribution in [-0.4, -0.2) is 39.3 Å². The monoisotopic (exact) mass is 231 g/mol. The summed E-state index contributed by atoms with van der Waals surface area (Å²) in [5.41, 5.74) is 5.68. The molecule has 1 fully saturated rings. The third-order valence-corrected chi connectivity index (χ3v) is 4.21. The molecule has 1 saturated heterocycles. The van der Waals surface area contributed by atoms with E-state index in [2.05, 4.69) is 48.1 Å². The van der Waals surface area contributed by atoms with E-state index in [1.807, 2.05) is 0 Å². The quantitative estimate of drug-likeness (QED) is 0.730. The minimum atomic E-state index is 0.628. The third-order valence-electron chi connectivity index (χ3n) is 4.21. The molecule has 0 spiro atoms. The van der Waals surface area contributed by atoms with E-state index in [1.165, 1.54) is 22.5 Å². The minimum Gasteiger partial charge on any atom is -0.371 e. The van der Waals surface area contributed by atoms with Gasteiger partial charge in [0.2, 0.25) is 0 Å². The molecule has 0 aromatic heterocycles. The average Bonchev–Trinajstić information content (AvgIpc) is 2.33. The van der Waals surface area contributed by atoms with E-state index in [0.717, 1.165) is 26.2 Å². The number of nitrogens with zero attached hydrogens (tertiary/aromatic N) is 2. The van der Waals surface area contributed by atoms with Crippen LogP contribution in [0.5, 0.6) is 0 Å². The third kappa shape index (κ3) is 1.61. The predicted molar refractivity (Wildman–Crippen MR) is 73.2 cm³/mol. The standard InChI is InChI=1S/C14H21N3/c1-10-4-5-13-14(11(10)2)16(3)9-12-8-15-6-7-17(12)13/h4-5,12,15H,6-9H2,1-3H3. The first kappa shape index (κ1) is 10.9. The predicted octanol–water partition coefficient (Wildman–Crippen LogP) is 1.53. The zero-order valence-electron chi connectivity index (χ0n) is 11.0. The van der Waals surface area contributed by atoms with Crippen LogP contribution in [0.4, 0.5) is 11.4 Å². The van der Waals surface area contributed by atoms with Gasteiger partial charge in [0.25, 0.3) is 0 Å². The number of anilines is 2. The highest BCUT2D eigenvalue weighted by Crippen LogP contribution is 2.38. The molecule has 2 heterocycles. The summed E-state index contributed by atoms with van der Waals surface area (Å²) in [6, 6.07) is 5.18. The molecule has 1 aromatic rings. The van der Waals surface area contributed by atoms with Gasteiger partial charge in [0, 0.05) is 33.2 Å². The Bertz CT molecular complexity index is 441. The zero-order chi connectivity index (χ0) is 12.0. The van der Waals surface area contributed by atoms with E-state index in [-0.39, 0.29) is 0 Å². The molecule has 3 heteroatoms. The minimum absolute atomic E-state index is 0.628. The Balaban J connectivity index is 2.11. The highest BCUT2D eigenvalue weighted by Gasteiger charge is 2.31. The summed E-state index contributed by atoms with van der Waals surface area (Å²) in [5, 5.41) is 3.49. The van der Waals surface area contributed by atoms with Gasteiger partial charge < -0.3 is 15.1 Å². The first-order valence-electron chi connectivity index (χ1n) is 6.47. The van der Waals surface area contributed by atoms with Crippen molar-refractivity contribution in [2.45, 2.75) is 19.9 Å². The van der Waals surface area contributed by atoms with E-state index >= 15 is 0 Å². The number of hydrogen-bond acceptors (Lipinski definition) is 3. The van der Waals surface area contributed by atoms with Gasteiger partial charge in [-0.15, -0.1) is 0 Å². The lowest BCUT2D eigenvalue weighted by molar-refractivity contribution is 0.465. The maximum atomic E-state index is 3.49. The van der Waals surface area contributed by atoms with Crippen molar-refractivity contribution in [1.82, 2.24) is 5.32 Å². The van der Waals surface area contributed by atoms with Gasteiger partial charge in [0.1, 0.15) is 0 Å². The van der Waals surface area contributed by atoms with Crippen LogP contribution in [0.3, 0.4) is 0 Å². The van der Waals surface area contributed by atoms with Gasteiger partial charge in [0.05, 0.1) is 17.4 Å². The Morgan fingerprint density at radius 3 is 2.94 bits per heavy atom. The molecule has 17 heavy (non-hydrogen) atoms. The maximum absolute atomic E-state index is 3.49. The first-order chi connectivity index (χ1) is 8.18. The maximum Gasteiger partial charge on any atom is 0.0634 e. The molecular weight excluding hydrogens is 210 g/mol. The van der Waals surface area contributed by atoms with Gasteiger partial charge >= 0.3 is 0 Å². The Hall–Kier alpha value is -1.22. The molecule has 3 rings (SSSR count). The Morgan fingerprint density at radius 2 is 2.12 bits per heavy atom. The van der Waals surface area contributed by atoms with Crippen LogP contribution in [0, 0.1) is 13.8 Å². The SMILES string of the molecule is Cc1ccc2c(c1C)N(C)CC1CNCCN21. The van der Waals surface area contributed by atoms with Crippen molar-refractivity contribution in [3.63, 3.8) is 0 Å². The molecule has 0 amide bonds. The molecule has 0 saturated carbocycles. The second kappa shape index (κ2) is 3.91. The topological polar surface area (TPSA) is 18.5 Å². The van der Waals surface area contributed by atoms with E-state index in [1.54, 1.807) is 0 Å². The summed E-state index contributed by atoms with van der Waals surface area (Å²) in [6.07, 6.45) is 0. The van der Waals surface area contributed by atoms with Crippen molar-refractivity contribution < 1.29 is 0 Å². The molecule has 2 aliphatic rings. The van der Waals surface area contributed by atoms with Crippen LogP contribution >= 0.6 is 0 Å². The summed E-state index contributed by atoms with van der Waals surface area (Å²) in [4.78, 5) is 5.00. The van der Waals surface area contributed by atoms with Gasteiger partial charge in [-0.1, -0.05) is 6.07 Å². The lowest BCUT2D eigenvalue weighted by Crippen LogP contribution is -2.58. The summed E-state index contributed by atoms with van der Waals surface area (Å²) in [6.45, 7) is 8.92. The zero-order valence-corrected chi connectivity index (χ0v) is 11.0. The molecular formula is C14H21N3. The summed E-state index contributed by atoms with van der Waals surface area (Å²) in [7, 11) is 2.22. The van der Waals surface area contributed by atoms with Crippen molar-refractivity contribution >= 4 is 11.4 Å². The number of likely N-dealkylation sites (N-methyl/N-ethyl adjacent to an activating group) is 1. The summed E-state index contributed by atoms with van der Waals surface area (Å²) >= 11 is 0. The molecule has 1 atom stereocenters. The molecule has 0 aliphatic carbocycles. The molecule has 1 N–H and O–H groups in total.